The molecule has 0 spiro atoms. The van der Waals surface area contributed by atoms with Gasteiger partial charge in [-0.05, 0) is 12.1 Å². The number of nitrogens with zero attached hydrogens (tertiary/aromatic N) is 1. The summed E-state index contributed by atoms with van der Waals surface area (Å²) in [6, 6.07) is 2.04. The summed E-state index contributed by atoms with van der Waals surface area (Å²) < 4.78 is 5.16. The van der Waals surface area contributed by atoms with Crippen molar-refractivity contribution in [2.24, 2.45) is 5.73 Å². The second kappa shape index (κ2) is 5.87. The van der Waals surface area contributed by atoms with Crippen molar-refractivity contribution in [3.63, 3.8) is 0 Å². The molecular formula is C12H13Cl2N3O3. The fourth-order valence-corrected chi connectivity index (χ4v) is 2.42. The molecule has 0 saturated carbocycles. The monoisotopic (exact) mass is 317 g/mol. The van der Waals surface area contributed by atoms with Gasteiger partial charge < -0.3 is 21.1 Å². The maximum atomic E-state index is 12.5. The van der Waals surface area contributed by atoms with Crippen molar-refractivity contribution in [2.75, 3.05) is 25.5 Å². The fraction of sp³-hybridized carbons (Fsp3) is 0.333. The molecule has 1 heterocycles. The topological polar surface area (TPSA) is 98.7 Å². The number of anilines is 1. The second-order valence-corrected chi connectivity index (χ2v) is 5.14. The zero-order chi connectivity index (χ0) is 14.9. The molecule has 1 aromatic carbocycles. The summed E-state index contributed by atoms with van der Waals surface area (Å²) in [5.74, 6) is -1.08. The number of hydrogen-bond acceptors (Lipinski definition) is 4. The molecule has 1 unspecified atom stereocenters. The largest absolute Gasteiger partial charge is 0.399 e. The van der Waals surface area contributed by atoms with Crippen LogP contribution in [0, 0.1) is 0 Å². The Bertz CT molecular complexity index is 565. The molecule has 1 saturated heterocycles. The summed E-state index contributed by atoms with van der Waals surface area (Å²) in [5.41, 5.74) is 11.4. The number of primary amides is 1. The van der Waals surface area contributed by atoms with E-state index >= 15 is 0 Å². The third-order valence-electron chi connectivity index (χ3n) is 3.00. The van der Waals surface area contributed by atoms with E-state index in [-0.39, 0.29) is 28.8 Å². The Morgan fingerprint density at radius 2 is 2.05 bits per heavy atom. The van der Waals surface area contributed by atoms with Gasteiger partial charge in [-0.1, -0.05) is 23.2 Å². The summed E-state index contributed by atoms with van der Waals surface area (Å²) >= 11 is 11.9. The Labute approximate surface area is 125 Å². The molecular weight excluding hydrogens is 305 g/mol. The number of nitrogen functional groups attached to an aromatic ring is 1. The number of morpholine rings is 1. The van der Waals surface area contributed by atoms with Crippen LogP contribution in [0.2, 0.25) is 10.0 Å². The number of nitrogens with two attached hydrogens (primary N) is 2. The predicted molar refractivity (Wildman–Crippen MR) is 75.7 cm³/mol. The van der Waals surface area contributed by atoms with Crippen LogP contribution in [-0.4, -0.2) is 42.5 Å². The van der Waals surface area contributed by atoms with Gasteiger partial charge in [0.15, 0.2) is 0 Å². The van der Waals surface area contributed by atoms with E-state index in [2.05, 4.69) is 0 Å². The number of hydrogen-bond donors (Lipinski definition) is 2. The number of ether oxygens (including phenoxy) is 1. The molecule has 1 aliphatic rings. The minimum Gasteiger partial charge on any atom is -0.399 e. The van der Waals surface area contributed by atoms with Crippen LogP contribution in [0.5, 0.6) is 0 Å². The minimum atomic E-state index is -0.826. The summed E-state index contributed by atoms with van der Waals surface area (Å²) in [7, 11) is 0. The highest BCUT2D eigenvalue weighted by Crippen LogP contribution is 2.30. The molecule has 0 radical (unpaired) electrons. The van der Waals surface area contributed by atoms with Crippen molar-refractivity contribution in [3.05, 3.63) is 27.7 Å². The van der Waals surface area contributed by atoms with Crippen LogP contribution in [0.25, 0.3) is 0 Å². The lowest BCUT2D eigenvalue weighted by Crippen LogP contribution is -2.54. The molecule has 2 rings (SSSR count). The van der Waals surface area contributed by atoms with Gasteiger partial charge in [0.1, 0.15) is 6.04 Å². The van der Waals surface area contributed by atoms with Gasteiger partial charge >= 0.3 is 0 Å². The Morgan fingerprint density at radius 1 is 1.35 bits per heavy atom. The maximum Gasteiger partial charge on any atom is 0.256 e. The third kappa shape index (κ3) is 2.82. The molecule has 0 aliphatic carbocycles. The Kier molecular flexibility index (Phi) is 4.37. The van der Waals surface area contributed by atoms with E-state index < -0.39 is 17.9 Å². The number of rotatable bonds is 2. The first kappa shape index (κ1) is 14.9. The average molecular weight is 318 g/mol. The first-order chi connectivity index (χ1) is 9.41. The van der Waals surface area contributed by atoms with Gasteiger partial charge in [-0.15, -0.1) is 0 Å². The van der Waals surface area contributed by atoms with Crippen LogP contribution in [0.1, 0.15) is 10.4 Å². The minimum absolute atomic E-state index is 0.0642. The third-order valence-corrected chi connectivity index (χ3v) is 3.80. The number of amides is 2. The zero-order valence-electron chi connectivity index (χ0n) is 10.4. The van der Waals surface area contributed by atoms with Gasteiger partial charge in [-0.3, -0.25) is 9.59 Å². The van der Waals surface area contributed by atoms with Crippen LogP contribution >= 0.6 is 23.2 Å². The van der Waals surface area contributed by atoms with Crippen molar-refractivity contribution in [1.82, 2.24) is 4.90 Å². The quantitative estimate of drug-likeness (QED) is 0.792. The van der Waals surface area contributed by atoms with Gasteiger partial charge in [-0.25, -0.2) is 0 Å². The van der Waals surface area contributed by atoms with E-state index in [0.717, 1.165) is 0 Å². The number of carbonyl (C=O) groups is 2. The van der Waals surface area contributed by atoms with E-state index in [1.807, 2.05) is 0 Å². The highest BCUT2D eigenvalue weighted by molar-refractivity contribution is 6.44. The Morgan fingerprint density at radius 3 is 2.70 bits per heavy atom. The van der Waals surface area contributed by atoms with E-state index in [1.165, 1.54) is 17.0 Å². The SMILES string of the molecule is NC(=O)C1COCCN1C(=O)c1cc(N)cc(Cl)c1Cl. The Balaban J connectivity index is 2.37. The molecule has 1 fully saturated rings. The van der Waals surface area contributed by atoms with Gasteiger partial charge in [0, 0.05) is 12.2 Å². The normalized spacial score (nSPS) is 18.9. The smallest absolute Gasteiger partial charge is 0.256 e. The van der Waals surface area contributed by atoms with E-state index in [1.54, 1.807) is 0 Å². The summed E-state index contributed by atoms with van der Waals surface area (Å²) in [6.45, 7) is 0.632. The van der Waals surface area contributed by atoms with Crippen LogP contribution in [-0.2, 0) is 9.53 Å². The second-order valence-electron chi connectivity index (χ2n) is 4.36. The van der Waals surface area contributed by atoms with Crippen LogP contribution in [0.4, 0.5) is 5.69 Å². The van der Waals surface area contributed by atoms with Crippen LogP contribution in [0.15, 0.2) is 12.1 Å². The molecule has 1 aliphatic heterocycles. The maximum absolute atomic E-state index is 12.5. The molecule has 108 valence electrons. The first-order valence-corrected chi connectivity index (χ1v) is 6.60. The molecule has 4 N–H and O–H groups in total. The highest BCUT2D eigenvalue weighted by Gasteiger charge is 2.33. The molecule has 0 bridgehead atoms. The van der Waals surface area contributed by atoms with Crippen molar-refractivity contribution in [1.29, 1.82) is 0 Å². The molecule has 1 atom stereocenters. The lowest BCUT2D eigenvalue weighted by Gasteiger charge is -2.33. The first-order valence-electron chi connectivity index (χ1n) is 5.84. The fourth-order valence-electron chi connectivity index (χ4n) is 2.00. The van der Waals surface area contributed by atoms with Gasteiger partial charge in [0.05, 0.1) is 28.8 Å². The highest BCUT2D eigenvalue weighted by atomic mass is 35.5. The van der Waals surface area contributed by atoms with E-state index in [9.17, 15) is 9.59 Å². The molecule has 8 heteroatoms. The van der Waals surface area contributed by atoms with Gasteiger partial charge in [0.2, 0.25) is 5.91 Å². The summed E-state index contributed by atoms with van der Waals surface area (Å²) in [5, 5.41) is 0.277. The standard InChI is InChI=1S/C12H13Cl2N3O3/c13-8-4-6(15)3-7(10(8)14)12(19)17-1-2-20-5-9(17)11(16)18/h3-4,9H,1-2,5,15H2,(H2,16,18). The van der Waals surface area contributed by atoms with Crippen molar-refractivity contribution in [3.8, 4) is 0 Å². The van der Waals surface area contributed by atoms with Gasteiger partial charge in [0.25, 0.3) is 5.91 Å². The predicted octanol–water partition coefficient (Wildman–Crippen LogP) is 0.902. The summed E-state index contributed by atoms with van der Waals surface area (Å²) in [6.07, 6.45) is 0. The number of carbonyl (C=O) groups excluding carboxylic acids is 2. The van der Waals surface area contributed by atoms with Crippen molar-refractivity contribution < 1.29 is 14.3 Å². The average Bonchev–Trinajstić information content (AvgIpc) is 2.42. The van der Waals surface area contributed by atoms with Crippen LogP contribution in [0.3, 0.4) is 0 Å². The van der Waals surface area contributed by atoms with E-state index in [4.69, 9.17) is 39.4 Å². The Hall–Kier alpha value is -1.50. The molecule has 6 nitrogen and oxygen atoms in total. The molecule has 0 aromatic heterocycles. The van der Waals surface area contributed by atoms with Crippen LogP contribution < -0.4 is 11.5 Å². The number of halogens is 2. The van der Waals surface area contributed by atoms with E-state index in [0.29, 0.717) is 12.3 Å². The van der Waals surface area contributed by atoms with Crippen molar-refractivity contribution >= 4 is 40.7 Å². The van der Waals surface area contributed by atoms with Crippen molar-refractivity contribution in [2.45, 2.75) is 6.04 Å². The lowest BCUT2D eigenvalue weighted by molar-refractivity contribution is -0.127. The molecule has 1 aromatic rings. The van der Waals surface area contributed by atoms with Gasteiger partial charge in [-0.2, -0.15) is 0 Å². The molecule has 2 amide bonds. The zero-order valence-corrected chi connectivity index (χ0v) is 11.9. The molecule has 20 heavy (non-hydrogen) atoms. The number of benzene rings is 1. The lowest BCUT2D eigenvalue weighted by atomic mass is 10.1. The summed E-state index contributed by atoms with van der Waals surface area (Å²) in [4.78, 5) is 25.2.